The number of rotatable bonds is 13. The van der Waals surface area contributed by atoms with Gasteiger partial charge >= 0.3 is 0 Å². The Morgan fingerprint density at radius 1 is 1.12 bits per heavy atom. The molecular formula is C30H39ClFN5O4. The van der Waals surface area contributed by atoms with Crippen LogP contribution in [0.15, 0.2) is 47.3 Å². The first-order chi connectivity index (χ1) is 19.4. The van der Waals surface area contributed by atoms with Gasteiger partial charge in [0.1, 0.15) is 17.3 Å². The van der Waals surface area contributed by atoms with Crippen molar-refractivity contribution >= 4 is 29.1 Å². The summed E-state index contributed by atoms with van der Waals surface area (Å²) in [5, 5.41) is 5.48. The van der Waals surface area contributed by atoms with E-state index >= 15 is 0 Å². The third-order valence-electron chi connectivity index (χ3n) is 6.54. The predicted octanol–water partition coefficient (Wildman–Crippen LogP) is 4.74. The first-order valence-electron chi connectivity index (χ1n) is 13.6. The van der Waals surface area contributed by atoms with Crippen LogP contribution < -0.4 is 20.9 Å². The van der Waals surface area contributed by atoms with Crippen molar-refractivity contribution in [2.24, 2.45) is 5.41 Å². The van der Waals surface area contributed by atoms with E-state index in [1.54, 1.807) is 11.6 Å². The van der Waals surface area contributed by atoms with Gasteiger partial charge in [-0.2, -0.15) is 0 Å². The summed E-state index contributed by atoms with van der Waals surface area (Å²) in [7, 11) is 3.91. The number of hydrogen-bond acceptors (Lipinski definition) is 5. The molecule has 3 rings (SSSR count). The zero-order valence-electron chi connectivity index (χ0n) is 24.5. The van der Waals surface area contributed by atoms with E-state index in [1.807, 2.05) is 74.8 Å². The van der Waals surface area contributed by atoms with Crippen molar-refractivity contribution in [2.75, 3.05) is 39.1 Å². The highest BCUT2D eigenvalue weighted by Gasteiger charge is 2.27. The average molecular weight is 588 g/mol. The van der Waals surface area contributed by atoms with Crippen LogP contribution in [0.1, 0.15) is 50.2 Å². The molecule has 0 atom stereocenters. The highest BCUT2D eigenvalue weighted by atomic mass is 35.5. The van der Waals surface area contributed by atoms with Gasteiger partial charge in [-0.25, -0.2) is 9.07 Å². The number of anilines is 1. The molecule has 0 saturated carbocycles. The van der Waals surface area contributed by atoms with Crippen LogP contribution in [-0.2, 0) is 17.8 Å². The van der Waals surface area contributed by atoms with Gasteiger partial charge in [0.05, 0.1) is 28.6 Å². The standard InChI is InChI=1S/C30H39ClFN5O4/c1-7-36-24(14-15-35(5)6)27(29(40)37(36)20-12-10-9-11-13-20)34-26(38)18-30(3,4)19-33-28(39)21-16-22(31)23(32)17-25(21)41-8-2/h9-13,16-17H,7-8,14-15,18-19H2,1-6H3,(H,33,39)(H,34,38). The van der Waals surface area contributed by atoms with Gasteiger partial charge < -0.3 is 20.3 Å². The lowest BCUT2D eigenvalue weighted by molar-refractivity contribution is -0.118. The number of ether oxygens (including phenoxy) is 1. The van der Waals surface area contributed by atoms with E-state index in [1.165, 1.54) is 6.07 Å². The fraction of sp³-hybridized carbons (Fsp3) is 0.433. The van der Waals surface area contributed by atoms with E-state index in [0.29, 0.717) is 25.2 Å². The Morgan fingerprint density at radius 3 is 2.41 bits per heavy atom. The molecule has 0 aliphatic heterocycles. The van der Waals surface area contributed by atoms with Gasteiger partial charge in [0.25, 0.3) is 11.5 Å². The lowest BCUT2D eigenvalue weighted by Gasteiger charge is -2.24. The van der Waals surface area contributed by atoms with Crippen molar-refractivity contribution in [1.82, 2.24) is 19.6 Å². The number of carbonyl (C=O) groups is 2. The van der Waals surface area contributed by atoms with Crippen molar-refractivity contribution in [3.05, 3.63) is 74.9 Å². The molecule has 41 heavy (non-hydrogen) atoms. The van der Waals surface area contributed by atoms with E-state index in [9.17, 15) is 18.8 Å². The number of nitrogens with one attached hydrogen (secondary N) is 2. The number of para-hydroxylation sites is 1. The molecule has 0 fully saturated rings. The fourth-order valence-corrected chi connectivity index (χ4v) is 4.70. The number of benzene rings is 2. The molecule has 9 nitrogen and oxygen atoms in total. The zero-order valence-corrected chi connectivity index (χ0v) is 25.3. The second-order valence-electron chi connectivity index (χ2n) is 10.8. The Hall–Kier alpha value is -3.63. The molecule has 0 aliphatic rings. The Balaban J connectivity index is 1.80. The van der Waals surface area contributed by atoms with Crippen molar-refractivity contribution in [3.8, 4) is 11.4 Å². The van der Waals surface area contributed by atoms with Gasteiger partial charge in [-0.3, -0.25) is 19.1 Å². The quantitative estimate of drug-likeness (QED) is 0.301. The van der Waals surface area contributed by atoms with Crippen LogP contribution in [0.5, 0.6) is 5.75 Å². The van der Waals surface area contributed by atoms with Crippen LogP contribution in [-0.4, -0.2) is 59.9 Å². The SMILES string of the molecule is CCOc1cc(F)c(Cl)cc1C(=O)NCC(C)(C)CC(=O)Nc1c(CCN(C)C)n(CC)n(-c2ccccc2)c1=O. The molecule has 222 valence electrons. The molecule has 2 aromatic carbocycles. The smallest absolute Gasteiger partial charge is 0.295 e. The van der Waals surface area contributed by atoms with E-state index < -0.39 is 17.1 Å². The molecule has 3 aromatic rings. The first kappa shape index (κ1) is 31.9. The highest BCUT2D eigenvalue weighted by Crippen LogP contribution is 2.27. The maximum atomic E-state index is 13.9. The molecule has 1 heterocycles. The van der Waals surface area contributed by atoms with Crippen molar-refractivity contribution < 1.29 is 18.7 Å². The van der Waals surface area contributed by atoms with Crippen LogP contribution >= 0.6 is 11.6 Å². The molecular weight excluding hydrogens is 549 g/mol. The van der Waals surface area contributed by atoms with Crippen molar-refractivity contribution in [1.29, 1.82) is 0 Å². The van der Waals surface area contributed by atoms with Crippen LogP contribution in [0, 0.1) is 11.2 Å². The van der Waals surface area contributed by atoms with Gasteiger partial charge in [0.2, 0.25) is 5.91 Å². The molecule has 2 amide bonds. The summed E-state index contributed by atoms with van der Waals surface area (Å²) >= 11 is 5.90. The Kier molecular flexibility index (Phi) is 10.8. The van der Waals surface area contributed by atoms with Crippen LogP contribution in [0.2, 0.25) is 5.02 Å². The Bertz CT molecular complexity index is 1430. The van der Waals surface area contributed by atoms with Crippen LogP contribution in [0.25, 0.3) is 5.69 Å². The average Bonchev–Trinajstić information content (AvgIpc) is 3.18. The van der Waals surface area contributed by atoms with Gasteiger partial charge in [0, 0.05) is 38.5 Å². The second kappa shape index (κ2) is 13.8. The number of likely N-dealkylation sites (N-methyl/N-ethyl adjacent to an activating group) is 1. The van der Waals surface area contributed by atoms with Crippen molar-refractivity contribution in [3.63, 3.8) is 0 Å². The Labute approximate surface area is 245 Å². The summed E-state index contributed by atoms with van der Waals surface area (Å²) < 4.78 is 22.8. The molecule has 1 aromatic heterocycles. The minimum absolute atomic E-state index is 0.0327. The normalized spacial score (nSPS) is 11.5. The molecule has 0 aliphatic carbocycles. The molecule has 0 saturated heterocycles. The number of hydrogen-bond donors (Lipinski definition) is 2. The van der Waals surface area contributed by atoms with Gasteiger partial charge in [0.15, 0.2) is 0 Å². The maximum Gasteiger partial charge on any atom is 0.295 e. The molecule has 2 N–H and O–H groups in total. The topological polar surface area (TPSA) is 97.6 Å². The number of nitrogens with zero attached hydrogens (tertiary/aromatic N) is 3. The van der Waals surface area contributed by atoms with Gasteiger partial charge in [-0.05, 0) is 51.6 Å². The van der Waals surface area contributed by atoms with Gasteiger partial charge in [-0.15, -0.1) is 0 Å². The maximum absolute atomic E-state index is 13.9. The van der Waals surface area contributed by atoms with E-state index in [0.717, 1.165) is 11.8 Å². The first-order valence-corrected chi connectivity index (χ1v) is 14.0. The highest BCUT2D eigenvalue weighted by molar-refractivity contribution is 6.31. The van der Waals surface area contributed by atoms with Crippen LogP contribution in [0.4, 0.5) is 10.1 Å². The summed E-state index contributed by atoms with van der Waals surface area (Å²) in [6.45, 7) is 8.96. The fourth-order valence-electron chi connectivity index (χ4n) is 4.53. The molecule has 0 bridgehead atoms. The summed E-state index contributed by atoms with van der Waals surface area (Å²) in [6, 6.07) is 11.6. The van der Waals surface area contributed by atoms with Crippen LogP contribution in [0.3, 0.4) is 0 Å². The zero-order chi connectivity index (χ0) is 30.3. The number of halogens is 2. The van der Waals surface area contributed by atoms with Gasteiger partial charge in [-0.1, -0.05) is 43.6 Å². The summed E-state index contributed by atoms with van der Waals surface area (Å²) in [6.07, 6.45) is 0.596. The lowest BCUT2D eigenvalue weighted by atomic mass is 9.88. The second-order valence-corrected chi connectivity index (χ2v) is 11.2. The summed E-state index contributed by atoms with van der Waals surface area (Å²) in [5.41, 5.74) is 0.830. The number of aromatic nitrogens is 2. The van der Waals surface area contributed by atoms with Crippen molar-refractivity contribution in [2.45, 2.75) is 47.1 Å². The minimum atomic E-state index is -0.683. The molecule has 0 radical (unpaired) electrons. The minimum Gasteiger partial charge on any atom is -0.493 e. The lowest BCUT2D eigenvalue weighted by Crippen LogP contribution is -2.37. The Morgan fingerprint density at radius 2 is 1.80 bits per heavy atom. The summed E-state index contributed by atoms with van der Waals surface area (Å²) in [5.74, 6) is -1.44. The number of carbonyl (C=O) groups excluding carboxylic acids is 2. The van der Waals surface area contributed by atoms with E-state index in [-0.39, 0.29) is 53.1 Å². The third kappa shape index (κ3) is 7.98. The summed E-state index contributed by atoms with van der Waals surface area (Å²) in [4.78, 5) is 41.9. The predicted molar refractivity (Wildman–Crippen MR) is 160 cm³/mol. The van der Waals surface area contributed by atoms with E-state index in [2.05, 4.69) is 10.6 Å². The van der Waals surface area contributed by atoms with E-state index in [4.69, 9.17) is 16.3 Å². The molecule has 0 unspecified atom stereocenters. The monoisotopic (exact) mass is 587 g/mol. The third-order valence-corrected chi connectivity index (χ3v) is 6.83. The molecule has 0 spiro atoms. The molecule has 11 heteroatoms. The largest absolute Gasteiger partial charge is 0.493 e. The number of amides is 2.